The average molecular weight is 373 g/mol. The van der Waals surface area contributed by atoms with Gasteiger partial charge in [-0.1, -0.05) is 43.0 Å². The number of nitrogens with zero attached hydrogens (tertiary/aromatic N) is 2. The summed E-state index contributed by atoms with van der Waals surface area (Å²) in [6, 6.07) is 9.80. The molecular formula is C20H25ClN4O. The Bertz CT molecular complexity index is 759. The molecule has 5 nitrogen and oxygen atoms in total. The molecule has 2 N–H and O–H groups in total. The molecule has 1 aromatic carbocycles. The van der Waals surface area contributed by atoms with Crippen molar-refractivity contribution in [3.8, 4) is 0 Å². The number of benzene rings is 1. The highest BCUT2D eigenvalue weighted by Crippen LogP contribution is 2.18. The largest absolute Gasteiger partial charge is 0.370 e. The van der Waals surface area contributed by atoms with Crippen LogP contribution >= 0.6 is 11.6 Å². The summed E-state index contributed by atoms with van der Waals surface area (Å²) in [7, 11) is 0. The van der Waals surface area contributed by atoms with E-state index in [0.717, 1.165) is 29.8 Å². The average Bonchev–Trinajstić information content (AvgIpc) is 2.62. The quantitative estimate of drug-likeness (QED) is 0.799. The molecule has 2 aromatic rings. The highest BCUT2D eigenvalue weighted by Gasteiger charge is 2.18. The second kappa shape index (κ2) is 8.99. The molecule has 1 amide bonds. The van der Waals surface area contributed by atoms with Crippen LogP contribution in [-0.2, 0) is 6.42 Å². The third-order valence-corrected chi connectivity index (χ3v) is 4.85. The summed E-state index contributed by atoms with van der Waals surface area (Å²) < 4.78 is 0. The lowest BCUT2D eigenvalue weighted by molar-refractivity contribution is 0.0922. The van der Waals surface area contributed by atoms with Crippen LogP contribution < -0.4 is 10.6 Å². The predicted molar refractivity (Wildman–Crippen MR) is 105 cm³/mol. The Balaban J connectivity index is 1.58. The highest BCUT2D eigenvalue weighted by molar-refractivity contribution is 6.30. The van der Waals surface area contributed by atoms with Crippen LogP contribution in [0.25, 0.3) is 0 Å². The van der Waals surface area contributed by atoms with Crippen LogP contribution in [0.2, 0.25) is 5.02 Å². The molecule has 0 aliphatic heterocycles. The van der Waals surface area contributed by atoms with E-state index in [1.54, 1.807) is 13.0 Å². The first-order chi connectivity index (χ1) is 12.6. The van der Waals surface area contributed by atoms with E-state index in [9.17, 15) is 4.79 Å². The summed E-state index contributed by atoms with van der Waals surface area (Å²) in [6.07, 6.45) is 6.57. The Morgan fingerprint density at radius 3 is 2.77 bits per heavy atom. The summed E-state index contributed by atoms with van der Waals surface area (Å²) in [5.74, 6) is 1.15. The summed E-state index contributed by atoms with van der Waals surface area (Å²) in [4.78, 5) is 21.2. The number of hydrogen-bond donors (Lipinski definition) is 2. The maximum atomic E-state index is 12.5. The van der Waals surface area contributed by atoms with E-state index in [1.165, 1.54) is 19.3 Å². The lowest BCUT2D eigenvalue weighted by Crippen LogP contribution is -2.36. The van der Waals surface area contributed by atoms with Crippen molar-refractivity contribution in [3.63, 3.8) is 0 Å². The van der Waals surface area contributed by atoms with E-state index < -0.39 is 0 Å². The lowest BCUT2D eigenvalue weighted by atomic mass is 9.95. The third kappa shape index (κ3) is 5.43. The minimum Gasteiger partial charge on any atom is -0.370 e. The van der Waals surface area contributed by atoms with Crippen molar-refractivity contribution in [1.29, 1.82) is 0 Å². The molecule has 0 radical (unpaired) electrons. The van der Waals surface area contributed by atoms with E-state index in [1.807, 2.05) is 24.3 Å². The molecule has 0 unspecified atom stereocenters. The molecule has 138 valence electrons. The molecule has 3 rings (SSSR count). The molecule has 6 heteroatoms. The zero-order chi connectivity index (χ0) is 18.4. The summed E-state index contributed by atoms with van der Waals surface area (Å²) in [6.45, 7) is 2.51. The molecule has 1 saturated carbocycles. The number of halogens is 1. The molecule has 26 heavy (non-hydrogen) atoms. The Labute approximate surface area is 159 Å². The molecule has 1 fully saturated rings. The minimum atomic E-state index is -0.111. The topological polar surface area (TPSA) is 66.9 Å². The van der Waals surface area contributed by atoms with Gasteiger partial charge in [0, 0.05) is 23.7 Å². The maximum absolute atomic E-state index is 12.5. The van der Waals surface area contributed by atoms with Crippen LogP contribution in [0.1, 0.15) is 54.0 Å². The van der Waals surface area contributed by atoms with Gasteiger partial charge in [0.05, 0.1) is 0 Å². The van der Waals surface area contributed by atoms with E-state index in [0.29, 0.717) is 23.9 Å². The van der Waals surface area contributed by atoms with Gasteiger partial charge in [-0.2, -0.15) is 0 Å². The van der Waals surface area contributed by atoms with E-state index in [2.05, 4.69) is 20.6 Å². The van der Waals surface area contributed by atoms with Crippen LogP contribution in [-0.4, -0.2) is 28.5 Å². The Morgan fingerprint density at radius 2 is 2.00 bits per heavy atom. The first kappa shape index (κ1) is 18.6. The zero-order valence-electron chi connectivity index (χ0n) is 15.1. The van der Waals surface area contributed by atoms with Crippen LogP contribution in [0, 0.1) is 6.92 Å². The third-order valence-electron chi connectivity index (χ3n) is 4.62. The highest BCUT2D eigenvalue weighted by atomic mass is 35.5. The lowest BCUT2D eigenvalue weighted by Gasteiger charge is -2.22. The van der Waals surface area contributed by atoms with Gasteiger partial charge < -0.3 is 10.6 Å². The van der Waals surface area contributed by atoms with Crippen molar-refractivity contribution < 1.29 is 4.79 Å². The summed E-state index contributed by atoms with van der Waals surface area (Å²) >= 11 is 6.01. The van der Waals surface area contributed by atoms with Gasteiger partial charge in [0.15, 0.2) is 0 Å². The minimum absolute atomic E-state index is 0.111. The Morgan fingerprint density at radius 1 is 1.19 bits per heavy atom. The molecule has 0 atom stereocenters. The van der Waals surface area contributed by atoms with Gasteiger partial charge >= 0.3 is 0 Å². The summed E-state index contributed by atoms with van der Waals surface area (Å²) in [5, 5.41) is 7.12. The fraction of sp³-hybridized carbons (Fsp3) is 0.450. The molecule has 0 bridgehead atoms. The first-order valence-corrected chi connectivity index (χ1v) is 9.63. The number of aromatic nitrogens is 2. The van der Waals surface area contributed by atoms with Crippen molar-refractivity contribution in [2.75, 3.05) is 11.9 Å². The van der Waals surface area contributed by atoms with E-state index in [-0.39, 0.29) is 11.9 Å². The molecule has 1 aliphatic rings. The van der Waals surface area contributed by atoms with Gasteiger partial charge in [0.25, 0.3) is 5.91 Å². The number of carbonyl (C=O) groups is 1. The van der Waals surface area contributed by atoms with Crippen LogP contribution in [0.5, 0.6) is 0 Å². The Hall–Kier alpha value is -2.14. The standard InChI is InChI=1S/C20H25ClN4O/c1-14-23-18(20(26)25-17-8-3-2-4-9-17)13-19(24-14)22-11-10-15-6-5-7-16(21)12-15/h5-7,12-13,17H,2-4,8-11H2,1H3,(H,25,26)(H,22,23,24). The van der Waals surface area contributed by atoms with Gasteiger partial charge in [-0.05, 0) is 43.9 Å². The second-order valence-corrected chi connectivity index (χ2v) is 7.24. The van der Waals surface area contributed by atoms with E-state index >= 15 is 0 Å². The SMILES string of the molecule is Cc1nc(NCCc2cccc(Cl)c2)cc(C(=O)NC2CCCCC2)n1. The van der Waals surface area contributed by atoms with Crippen LogP contribution in [0.15, 0.2) is 30.3 Å². The number of aryl methyl sites for hydroxylation is 1. The zero-order valence-corrected chi connectivity index (χ0v) is 15.9. The molecule has 0 saturated heterocycles. The van der Waals surface area contributed by atoms with Gasteiger partial charge in [-0.25, -0.2) is 9.97 Å². The molecule has 1 aliphatic carbocycles. The number of hydrogen-bond acceptors (Lipinski definition) is 4. The van der Waals surface area contributed by atoms with Gasteiger partial charge in [0.1, 0.15) is 17.3 Å². The van der Waals surface area contributed by atoms with Crippen molar-refractivity contribution in [2.24, 2.45) is 0 Å². The van der Waals surface area contributed by atoms with Crippen molar-refractivity contribution in [3.05, 3.63) is 52.4 Å². The second-order valence-electron chi connectivity index (χ2n) is 6.80. The van der Waals surface area contributed by atoms with Crippen molar-refractivity contribution in [2.45, 2.75) is 51.5 Å². The van der Waals surface area contributed by atoms with Gasteiger partial charge in [0.2, 0.25) is 0 Å². The molecule has 1 aromatic heterocycles. The fourth-order valence-corrected chi connectivity index (χ4v) is 3.52. The number of amides is 1. The van der Waals surface area contributed by atoms with E-state index in [4.69, 9.17) is 11.6 Å². The van der Waals surface area contributed by atoms with Crippen LogP contribution in [0.3, 0.4) is 0 Å². The van der Waals surface area contributed by atoms with Crippen LogP contribution in [0.4, 0.5) is 5.82 Å². The number of rotatable bonds is 6. The van der Waals surface area contributed by atoms with Crippen molar-refractivity contribution >= 4 is 23.3 Å². The van der Waals surface area contributed by atoms with Gasteiger partial charge in [-0.3, -0.25) is 4.79 Å². The monoisotopic (exact) mass is 372 g/mol. The first-order valence-electron chi connectivity index (χ1n) is 9.25. The maximum Gasteiger partial charge on any atom is 0.270 e. The molecule has 0 spiro atoms. The number of anilines is 1. The molecule has 1 heterocycles. The predicted octanol–water partition coefficient (Wildman–Crippen LogP) is 4.16. The summed E-state index contributed by atoms with van der Waals surface area (Å²) in [5.41, 5.74) is 1.58. The number of carbonyl (C=O) groups excluding carboxylic acids is 1. The Kier molecular flexibility index (Phi) is 6.45. The molecular weight excluding hydrogens is 348 g/mol. The fourth-order valence-electron chi connectivity index (χ4n) is 3.31. The number of nitrogens with one attached hydrogen (secondary N) is 2. The normalized spacial score (nSPS) is 14.8. The van der Waals surface area contributed by atoms with Gasteiger partial charge in [-0.15, -0.1) is 0 Å². The smallest absolute Gasteiger partial charge is 0.270 e. The van der Waals surface area contributed by atoms with Crippen molar-refractivity contribution in [1.82, 2.24) is 15.3 Å².